The van der Waals surface area contributed by atoms with Gasteiger partial charge in [0.2, 0.25) is 0 Å². The first-order valence-electron chi connectivity index (χ1n) is 7.05. The summed E-state index contributed by atoms with van der Waals surface area (Å²) >= 11 is 0. The van der Waals surface area contributed by atoms with E-state index in [9.17, 15) is 9.90 Å². The fourth-order valence-electron chi connectivity index (χ4n) is 2.09. The molecule has 1 fully saturated rings. The number of carbonyl (C=O) groups is 1. The Hall–Kier alpha value is -1.59. The van der Waals surface area contributed by atoms with Gasteiger partial charge in [-0.25, -0.2) is 4.79 Å². The van der Waals surface area contributed by atoms with Crippen LogP contribution >= 0.6 is 0 Å². The maximum atomic E-state index is 11.7. The number of ether oxygens (including phenoxy) is 1. The zero-order valence-corrected chi connectivity index (χ0v) is 11.8. The first kappa shape index (κ1) is 14.8. The standard InChI is InChI=1S/C15H22N2O3/c1-2-20-10-12-4-6-13(7-5-12)17-14(18)16-11-15(19)8-3-9-15/h4-7,19H,2-3,8-11H2,1H3,(H2,16,17,18). The van der Waals surface area contributed by atoms with Crippen LogP contribution in [0.4, 0.5) is 10.5 Å². The fraction of sp³-hybridized carbons (Fsp3) is 0.533. The molecule has 2 rings (SSSR count). The normalized spacial score (nSPS) is 16.3. The molecule has 0 aromatic heterocycles. The molecule has 1 saturated carbocycles. The minimum Gasteiger partial charge on any atom is -0.388 e. The fourth-order valence-corrected chi connectivity index (χ4v) is 2.09. The molecule has 1 aliphatic rings. The van der Waals surface area contributed by atoms with E-state index in [1.165, 1.54) is 0 Å². The van der Waals surface area contributed by atoms with Crippen molar-refractivity contribution in [3.8, 4) is 0 Å². The number of hydrogen-bond acceptors (Lipinski definition) is 3. The second-order valence-corrected chi connectivity index (χ2v) is 5.22. The van der Waals surface area contributed by atoms with Gasteiger partial charge in [-0.3, -0.25) is 0 Å². The minimum atomic E-state index is -0.696. The van der Waals surface area contributed by atoms with E-state index in [-0.39, 0.29) is 6.03 Å². The monoisotopic (exact) mass is 278 g/mol. The molecule has 0 saturated heterocycles. The van der Waals surface area contributed by atoms with E-state index in [2.05, 4.69) is 10.6 Å². The van der Waals surface area contributed by atoms with Crippen molar-refractivity contribution in [3.05, 3.63) is 29.8 Å². The molecule has 20 heavy (non-hydrogen) atoms. The van der Waals surface area contributed by atoms with Crippen molar-refractivity contribution in [2.75, 3.05) is 18.5 Å². The summed E-state index contributed by atoms with van der Waals surface area (Å²) in [5, 5.41) is 15.3. The highest BCUT2D eigenvalue weighted by Gasteiger charge is 2.34. The van der Waals surface area contributed by atoms with Gasteiger partial charge in [-0.2, -0.15) is 0 Å². The maximum Gasteiger partial charge on any atom is 0.319 e. The van der Waals surface area contributed by atoms with Gasteiger partial charge in [-0.1, -0.05) is 12.1 Å². The van der Waals surface area contributed by atoms with E-state index in [1.807, 2.05) is 31.2 Å². The van der Waals surface area contributed by atoms with Crippen LogP contribution in [0.15, 0.2) is 24.3 Å². The quantitative estimate of drug-likeness (QED) is 0.747. The van der Waals surface area contributed by atoms with Crippen molar-refractivity contribution in [3.63, 3.8) is 0 Å². The van der Waals surface area contributed by atoms with E-state index < -0.39 is 5.60 Å². The molecule has 2 amide bonds. The summed E-state index contributed by atoms with van der Waals surface area (Å²) in [7, 11) is 0. The van der Waals surface area contributed by atoms with Crippen LogP contribution in [-0.4, -0.2) is 29.9 Å². The lowest BCUT2D eigenvalue weighted by Gasteiger charge is -2.36. The summed E-state index contributed by atoms with van der Waals surface area (Å²) in [4.78, 5) is 11.7. The summed E-state index contributed by atoms with van der Waals surface area (Å²) in [6.45, 7) is 3.53. The van der Waals surface area contributed by atoms with Gasteiger partial charge in [0.1, 0.15) is 0 Å². The summed E-state index contributed by atoms with van der Waals surface area (Å²) < 4.78 is 5.31. The Morgan fingerprint density at radius 3 is 2.60 bits per heavy atom. The van der Waals surface area contributed by atoms with Crippen LogP contribution in [0.25, 0.3) is 0 Å². The highest BCUT2D eigenvalue weighted by Crippen LogP contribution is 2.30. The SMILES string of the molecule is CCOCc1ccc(NC(=O)NCC2(O)CCC2)cc1. The van der Waals surface area contributed by atoms with Crippen molar-refractivity contribution in [1.82, 2.24) is 5.32 Å². The topological polar surface area (TPSA) is 70.6 Å². The Kier molecular flexibility index (Phi) is 4.98. The number of carbonyl (C=O) groups excluding carboxylic acids is 1. The van der Waals surface area contributed by atoms with E-state index in [1.54, 1.807) is 0 Å². The molecule has 0 heterocycles. The zero-order valence-electron chi connectivity index (χ0n) is 11.8. The van der Waals surface area contributed by atoms with Crippen LogP contribution in [0.5, 0.6) is 0 Å². The third-order valence-electron chi connectivity index (χ3n) is 3.55. The Morgan fingerprint density at radius 2 is 2.05 bits per heavy atom. The number of anilines is 1. The van der Waals surface area contributed by atoms with Gasteiger partial charge in [0.15, 0.2) is 0 Å². The number of amides is 2. The van der Waals surface area contributed by atoms with Gasteiger partial charge in [0, 0.05) is 18.8 Å². The molecule has 1 aromatic carbocycles. The number of benzene rings is 1. The molecular weight excluding hydrogens is 256 g/mol. The first-order valence-corrected chi connectivity index (χ1v) is 7.05. The molecule has 5 nitrogen and oxygen atoms in total. The largest absolute Gasteiger partial charge is 0.388 e. The van der Waals surface area contributed by atoms with Gasteiger partial charge in [-0.15, -0.1) is 0 Å². The number of rotatable bonds is 6. The van der Waals surface area contributed by atoms with Crippen LogP contribution in [0.2, 0.25) is 0 Å². The Bertz CT molecular complexity index is 441. The molecule has 0 bridgehead atoms. The summed E-state index contributed by atoms with van der Waals surface area (Å²) in [5.41, 5.74) is 1.10. The van der Waals surface area contributed by atoms with Crippen LogP contribution in [0, 0.1) is 0 Å². The van der Waals surface area contributed by atoms with Crippen molar-refractivity contribution < 1.29 is 14.6 Å². The average molecular weight is 278 g/mol. The van der Waals surface area contributed by atoms with Crippen LogP contribution < -0.4 is 10.6 Å². The summed E-state index contributed by atoms with van der Waals surface area (Å²) in [6, 6.07) is 7.23. The molecule has 0 aliphatic heterocycles. The molecule has 3 N–H and O–H groups in total. The van der Waals surface area contributed by atoms with Crippen molar-refractivity contribution in [2.45, 2.75) is 38.4 Å². The van der Waals surface area contributed by atoms with Gasteiger partial charge in [0.25, 0.3) is 0 Å². The van der Waals surface area contributed by atoms with Crippen LogP contribution in [-0.2, 0) is 11.3 Å². The molecule has 0 atom stereocenters. The van der Waals surface area contributed by atoms with Crippen molar-refractivity contribution in [1.29, 1.82) is 0 Å². The highest BCUT2D eigenvalue weighted by atomic mass is 16.5. The number of nitrogens with one attached hydrogen (secondary N) is 2. The van der Waals surface area contributed by atoms with E-state index in [0.717, 1.165) is 30.5 Å². The minimum absolute atomic E-state index is 0.289. The predicted octanol–water partition coefficient (Wildman–Crippen LogP) is 2.26. The Labute approximate surface area is 119 Å². The van der Waals surface area contributed by atoms with Gasteiger partial charge >= 0.3 is 6.03 Å². The van der Waals surface area contributed by atoms with E-state index in [0.29, 0.717) is 19.8 Å². The molecule has 5 heteroatoms. The van der Waals surface area contributed by atoms with Crippen molar-refractivity contribution in [2.24, 2.45) is 0 Å². The van der Waals surface area contributed by atoms with Gasteiger partial charge < -0.3 is 20.5 Å². The van der Waals surface area contributed by atoms with E-state index >= 15 is 0 Å². The highest BCUT2D eigenvalue weighted by molar-refractivity contribution is 5.89. The van der Waals surface area contributed by atoms with Crippen molar-refractivity contribution >= 4 is 11.7 Å². The molecule has 110 valence electrons. The Balaban J connectivity index is 1.75. The van der Waals surface area contributed by atoms with E-state index in [4.69, 9.17) is 4.74 Å². The number of hydrogen-bond donors (Lipinski definition) is 3. The molecule has 1 aromatic rings. The van der Waals surface area contributed by atoms with Crippen LogP contribution in [0.3, 0.4) is 0 Å². The van der Waals surface area contributed by atoms with Crippen LogP contribution in [0.1, 0.15) is 31.7 Å². The maximum absolute atomic E-state index is 11.7. The second-order valence-electron chi connectivity index (χ2n) is 5.22. The second kappa shape index (κ2) is 6.72. The van der Waals surface area contributed by atoms with Gasteiger partial charge in [0.05, 0.1) is 12.2 Å². The molecule has 0 spiro atoms. The predicted molar refractivity (Wildman–Crippen MR) is 77.6 cm³/mol. The molecular formula is C15H22N2O3. The molecule has 0 radical (unpaired) electrons. The lowest BCUT2D eigenvalue weighted by molar-refractivity contribution is -0.0287. The lowest BCUT2D eigenvalue weighted by Crippen LogP contribution is -2.48. The molecule has 1 aliphatic carbocycles. The average Bonchev–Trinajstić information content (AvgIpc) is 2.42. The smallest absolute Gasteiger partial charge is 0.319 e. The van der Waals surface area contributed by atoms with Gasteiger partial charge in [-0.05, 0) is 43.9 Å². The third kappa shape index (κ3) is 4.21. The number of urea groups is 1. The zero-order chi connectivity index (χ0) is 14.4. The number of aliphatic hydroxyl groups is 1. The third-order valence-corrected chi connectivity index (χ3v) is 3.55. The summed E-state index contributed by atoms with van der Waals surface area (Å²) in [6.07, 6.45) is 2.56. The Morgan fingerprint density at radius 1 is 1.35 bits per heavy atom. The first-order chi connectivity index (χ1) is 9.61. The molecule has 0 unspecified atom stereocenters. The lowest BCUT2D eigenvalue weighted by atomic mass is 9.80. The summed E-state index contributed by atoms with van der Waals surface area (Å²) in [5.74, 6) is 0.